The first kappa shape index (κ1) is 21.6. The van der Waals surface area contributed by atoms with Crippen molar-refractivity contribution in [1.29, 1.82) is 0 Å². The number of ether oxygens (including phenoxy) is 1. The van der Waals surface area contributed by atoms with Gasteiger partial charge in [-0.15, -0.1) is 0 Å². The Bertz CT molecular complexity index is 1080. The lowest BCUT2D eigenvalue weighted by molar-refractivity contribution is 0.0517. The number of carbonyl (C=O) groups excluding carboxylic acids is 2. The number of benzene rings is 2. The van der Waals surface area contributed by atoms with Crippen LogP contribution < -0.4 is 5.32 Å². The molecule has 0 saturated carbocycles. The summed E-state index contributed by atoms with van der Waals surface area (Å²) in [6.07, 6.45) is 0. The van der Waals surface area contributed by atoms with E-state index in [1.807, 2.05) is 0 Å². The molecule has 0 saturated heterocycles. The predicted molar refractivity (Wildman–Crippen MR) is 109 cm³/mol. The van der Waals surface area contributed by atoms with Gasteiger partial charge in [0.25, 0.3) is 5.91 Å². The van der Waals surface area contributed by atoms with E-state index in [2.05, 4.69) is 26.3 Å². The molecule has 3 aromatic rings. The van der Waals surface area contributed by atoms with Gasteiger partial charge in [-0.25, -0.2) is 18.3 Å². The molecule has 0 spiro atoms. The van der Waals surface area contributed by atoms with Crippen LogP contribution in [-0.4, -0.2) is 28.3 Å². The Kier molecular flexibility index (Phi) is 6.61. The van der Waals surface area contributed by atoms with Gasteiger partial charge >= 0.3 is 5.97 Å². The third kappa shape index (κ3) is 4.73. The average molecular weight is 478 g/mol. The van der Waals surface area contributed by atoms with Crippen LogP contribution >= 0.6 is 15.9 Å². The zero-order valence-corrected chi connectivity index (χ0v) is 17.8. The van der Waals surface area contributed by atoms with Crippen molar-refractivity contribution in [3.63, 3.8) is 0 Å². The number of aromatic nitrogens is 2. The lowest BCUT2D eigenvalue weighted by Gasteiger charge is -2.08. The number of nitrogens with one attached hydrogen (secondary N) is 1. The standard InChI is InChI=1S/C21H18BrF2N3O3/c1-3-30-21(29)19-18(22)12(2)27(26-19)17-6-4-14(5-7-17)20(28)25-11-13-8-15(23)10-16(24)9-13/h4-10H,3,11H2,1-2H3,(H,25,28). The number of halogens is 3. The van der Waals surface area contributed by atoms with Crippen LogP contribution in [0.3, 0.4) is 0 Å². The van der Waals surface area contributed by atoms with Gasteiger partial charge in [0.2, 0.25) is 0 Å². The summed E-state index contributed by atoms with van der Waals surface area (Å²) in [4.78, 5) is 24.3. The van der Waals surface area contributed by atoms with Crippen LogP contribution in [0, 0.1) is 18.6 Å². The third-order valence-corrected chi connectivity index (χ3v) is 5.21. The molecule has 1 amide bonds. The van der Waals surface area contributed by atoms with Crippen molar-refractivity contribution in [2.24, 2.45) is 0 Å². The number of esters is 1. The second-order valence-electron chi connectivity index (χ2n) is 6.39. The molecule has 0 aliphatic rings. The number of hydrogen-bond acceptors (Lipinski definition) is 4. The summed E-state index contributed by atoms with van der Waals surface area (Å²) in [5.41, 5.74) is 2.19. The third-order valence-electron chi connectivity index (χ3n) is 4.26. The molecule has 0 atom stereocenters. The monoisotopic (exact) mass is 477 g/mol. The lowest BCUT2D eigenvalue weighted by Crippen LogP contribution is -2.23. The minimum atomic E-state index is -0.702. The van der Waals surface area contributed by atoms with Crippen LogP contribution in [0.15, 0.2) is 46.9 Å². The maximum Gasteiger partial charge on any atom is 0.360 e. The second kappa shape index (κ2) is 9.17. The van der Waals surface area contributed by atoms with E-state index in [9.17, 15) is 18.4 Å². The highest BCUT2D eigenvalue weighted by molar-refractivity contribution is 9.10. The van der Waals surface area contributed by atoms with Crippen molar-refractivity contribution < 1.29 is 23.1 Å². The van der Waals surface area contributed by atoms with E-state index in [-0.39, 0.29) is 18.8 Å². The van der Waals surface area contributed by atoms with E-state index in [1.54, 1.807) is 42.8 Å². The molecule has 1 heterocycles. The highest BCUT2D eigenvalue weighted by Gasteiger charge is 2.21. The van der Waals surface area contributed by atoms with Crippen LogP contribution in [0.5, 0.6) is 0 Å². The van der Waals surface area contributed by atoms with Crippen molar-refractivity contribution in [3.05, 3.63) is 81.1 Å². The summed E-state index contributed by atoms with van der Waals surface area (Å²) in [7, 11) is 0. The molecule has 2 aromatic carbocycles. The summed E-state index contributed by atoms with van der Waals surface area (Å²) < 4.78 is 33.6. The second-order valence-corrected chi connectivity index (χ2v) is 7.18. The predicted octanol–water partition coefficient (Wildman–Crippen LogP) is 4.33. The number of nitrogens with zero attached hydrogens (tertiary/aromatic N) is 2. The van der Waals surface area contributed by atoms with Gasteiger partial charge in [-0.05, 0) is 71.7 Å². The Morgan fingerprint density at radius 1 is 1.13 bits per heavy atom. The van der Waals surface area contributed by atoms with Crippen LogP contribution in [0.1, 0.15) is 39.0 Å². The Balaban J connectivity index is 1.74. The van der Waals surface area contributed by atoms with E-state index >= 15 is 0 Å². The van der Waals surface area contributed by atoms with E-state index < -0.39 is 23.5 Å². The molecule has 1 N–H and O–H groups in total. The van der Waals surface area contributed by atoms with Crippen LogP contribution in [0.4, 0.5) is 8.78 Å². The number of rotatable bonds is 6. The summed E-state index contributed by atoms with van der Waals surface area (Å²) in [5, 5.41) is 6.91. The average Bonchev–Trinajstić information content (AvgIpc) is 3.01. The summed E-state index contributed by atoms with van der Waals surface area (Å²) in [6, 6.07) is 9.63. The van der Waals surface area contributed by atoms with Crippen LogP contribution in [0.2, 0.25) is 0 Å². The topological polar surface area (TPSA) is 73.2 Å². The fourth-order valence-electron chi connectivity index (χ4n) is 2.82. The van der Waals surface area contributed by atoms with Crippen molar-refractivity contribution in [2.45, 2.75) is 20.4 Å². The molecule has 0 bridgehead atoms. The quantitative estimate of drug-likeness (QED) is 0.536. The van der Waals surface area contributed by atoms with E-state index in [1.165, 1.54) is 0 Å². The number of amides is 1. The Morgan fingerprint density at radius 2 is 1.77 bits per heavy atom. The normalized spacial score (nSPS) is 10.7. The molecular weight excluding hydrogens is 460 g/mol. The lowest BCUT2D eigenvalue weighted by atomic mass is 10.1. The first-order chi connectivity index (χ1) is 14.3. The maximum atomic E-state index is 13.2. The number of hydrogen-bond donors (Lipinski definition) is 1. The van der Waals surface area contributed by atoms with Gasteiger partial charge in [0.15, 0.2) is 5.69 Å². The zero-order chi connectivity index (χ0) is 21.8. The molecule has 0 unspecified atom stereocenters. The first-order valence-corrected chi connectivity index (χ1v) is 9.85. The Labute approximate surface area is 180 Å². The highest BCUT2D eigenvalue weighted by atomic mass is 79.9. The van der Waals surface area contributed by atoms with Crippen molar-refractivity contribution in [2.75, 3.05) is 6.61 Å². The van der Waals surface area contributed by atoms with Gasteiger partial charge in [0.1, 0.15) is 11.6 Å². The Morgan fingerprint density at radius 3 is 2.37 bits per heavy atom. The van der Waals surface area contributed by atoms with E-state index in [4.69, 9.17) is 4.74 Å². The van der Waals surface area contributed by atoms with Crippen LogP contribution in [0.25, 0.3) is 5.69 Å². The molecule has 3 rings (SSSR count). The fraction of sp³-hybridized carbons (Fsp3) is 0.190. The Hall–Kier alpha value is -3.07. The molecule has 0 aliphatic heterocycles. The van der Waals surface area contributed by atoms with Crippen molar-refractivity contribution in [1.82, 2.24) is 15.1 Å². The van der Waals surface area contributed by atoms with E-state index in [0.717, 1.165) is 18.2 Å². The molecular formula is C21H18BrF2N3O3. The van der Waals surface area contributed by atoms with Crippen molar-refractivity contribution >= 4 is 27.8 Å². The summed E-state index contributed by atoms with van der Waals surface area (Å²) >= 11 is 3.36. The molecule has 0 radical (unpaired) electrons. The van der Waals surface area contributed by atoms with Gasteiger partial charge in [-0.2, -0.15) is 5.10 Å². The molecule has 9 heteroatoms. The van der Waals surface area contributed by atoms with Crippen LogP contribution in [-0.2, 0) is 11.3 Å². The molecule has 1 aromatic heterocycles. The summed E-state index contributed by atoms with van der Waals surface area (Å²) in [5.74, 6) is -2.33. The largest absolute Gasteiger partial charge is 0.461 e. The maximum absolute atomic E-state index is 13.2. The minimum absolute atomic E-state index is 0.0105. The molecule has 6 nitrogen and oxygen atoms in total. The zero-order valence-electron chi connectivity index (χ0n) is 16.2. The molecule has 0 fully saturated rings. The minimum Gasteiger partial charge on any atom is -0.461 e. The molecule has 0 aliphatic carbocycles. The van der Waals surface area contributed by atoms with Gasteiger partial charge in [-0.3, -0.25) is 4.79 Å². The number of carbonyl (C=O) groups is 2. The first-order valence-electron chi connectivity index (χ1n) is 9.06. The fourth-order valence-corrected chi connectivity index (χ4v) is 3.23. The molecule has 156 valence electrons. The van der Waals surface area contributed by atoms with E-state index in [0.29, 0.717) is 27.0 Å². The van der Waals surface area contributed by atoms with Gasteiger partial charge in [-0.1, -0.05) is 0 Å². The van der Waals surface area contributed by atoms with Gasteiger partial charge in [0.05, 0.1) is 22.5 Å². The van der Waals surface area contributed by atoms with Gasteiger partial charge in [0, 0.05) is 18.2 Å². The van der Waals surface area contributed by atoms with Gasteiger partial charge < -0.3 is 10.1 Å². The SMILES string of the molecule is CCOC(=O)c1nn(-c2ccc(C(=O)NCc3cc(F)cc(F)c3)cc2)c(C)c1Br. The summed E-state index contributed by atoms with van der Waals surface area (Å²) in [6.45, 7) is 3.73. The highest BCUT2D eigenvalue weighted by Crippen LogP contribution is 2.24. The van der Waals surface area contributed by atoms with Crippen molar-refractivity contribution in [3.8, 4) is 5.69 Å². The smallest absolute Gasteiger partial charge is 0.360 e. The molecule has 30 heavy (non-hydrogen) atoms.